The molecule has 6 nitrogen and oxygen atoms in total. The Bertz CT molecular complexity index is 1040. The lowest BCUT2D eigenvalue weighted by Gasteiger charge is -2.24. The van der Waals surface area contributed by atoms with Crippen LogP contribution in [0.1, 0.15) is 290 Å². The van der Waals surface area contributed by atoms with Crippen LogP contribution in [-0.2, 0) is 14.3 Å². The van der Waals surface area contributed by atoms with Gasteiger partial charge in [-0.2, -0.15) is 0 Å². The number of aliphatic hydroxyl groups excluding tert-OH is 2. The normalized spacial score (nSPS) is 13.4. The molecule has 3 atom stereocenters. The number of aliphatic hydroxyl groups is 2. The van der Waals surface area contributed by atoms with E-state index in [1.807, 2.05) is 0 Å². The number of nitrogens with one attached hydrogen (secondary N) is 1. The maximum Gasteiger partial charge on any atom is 0.306 e. The molecule has 0 bridgehead atoms. The van der Waals surface area contributed by atoms with E-state index in [2.05, 4.69) is 62.5 Å². The predicted molar refractivity (Wildman–Crippen MR) is 273 cm³/mol. The lowest BCUT2D eigenvalue weighted by Crippen LogP contribution is -2.46. The molecule has 0 fully saturated rings. The summed E-state index contributed by atoms with van der Waals surface area (Å²) >= 11 is 0. The number of hydrogen-bond donors (Lipinski definition) is 3. The third-order valence-electron chi connectivity index (χ3n) is 12.7. The Morgan fingerprint density at radius 2 is 0.810 bits per heavy atom. The van der Waals surface area contributed by atoms with Crippen LogP contribution in [0.3, 0.4) is 0 Å². The number of amides is 1. The van der Waals surface area contributed by atoms with E-state index < -0.39 is 18.2 Å². The summed E-state index contributed by atoms with van der Waals surface area (Å²) in [5.74, 6) is -0.481. The van der Waals surface area contributed by atoms with Crippen molar-refractivity contribution >= 4 is 11.9 Å². The highest BCUT2D eigenvalue weighted by Gasteiger charge is 2.24. The van der Waals surface area contributed by atoms with E-state index in [4.69, 9.17) is 4.74 Å². The zero-order chi connectivity index (χ0) is 45.9. The van der Waals surface area contributed by atoms with Crippen LogP contribution in [0, 0.1) is 0 Å². The summed E-state index contributed by atoms with van der Waals surface area (Å²) in [6, 6.07) is -0.703. The highest BCUT2D eigenvalue weighted by Crippen LogP contribution is 2.18. The molecule has 0 heterocycles. The van der Waals surface area contributed by atoms with Crippen molar-refractivity contribution in [2.24, 2.45) is 0 Å². The van der Waals surface area contributed by atoms with Crippen LogP contribution in [0.4, 0.5) is 0 Å². The Labute approximate surface area is 392 Å². The molecule has 0 aromatic rings. The molecule has 6 heteroatoms. The van der Waals surface area contributed by atoms with E-state index in [1.165, 1.54) is 167 Å². The fourth-order valence-corrected chi connectivity index (χ4v) is 8.46. The topological polar surface area (TPSA) is 95.9 Å². The van der Waals surface area contributed by atoms with Crippen LogP contribution >= 0.6 is 0 Å². The number of ether oxygens (including phenoxy) is 1. The lowest BCUT2D eigenvalue weighted by atomic mass is 10.0. The second kappa shape index (κ2) is 51.1. The zero-order valence-corrected chi connectivity index (χ0v) is 42.2. The van der Waals surface area contributed by atoms with Crippen molar-refractivity contribution in [2.45, 2.75) is 309 Å². The predicted octanol–water partition coefficient (Wildman–Crippen LogP) is 16.8. The molecular formula is C57H107NO5. The highest BCUT2D eigenvalue weighted by molar-refractivity contribution is 5.77. The van der Waals surface area contributed by atoms with Gasteiger partial charge >= 0.3 is 5.97 Å². The van der Waals surface area contributed by atoms with Crippen LogP contribution < -0.4 is 5.32 Å². The number of carbonyl (C=O) groups is 2. The summed E-state index contributed by atoms with van der Waals surface area (Å²) in [6.07, 6.45) is 60.7. The van der Waals surface area contributed by atoms with Crippen molar-refractivity contribution in [1.82, 2.24) is 5.32 Å². The molecule has 63 heavy (non-hydrogen) atoms. The molecule has 0 aliphatic rings. The molecule has 0 saturated heterocycles. The maximum absolute atomic E-state index is 13.2. The van der Waals surface area contributed by atoms with E-state index in [9.17, 15) is 19.8 Å². The van der Waals surface area contributed by atoms with Gasteiger partial charge in [-0.15, -0.1) is 0 Å². The SMILES string of the molecule is CCCCC/C=C\C/C=C\CCCCCCCCCC(CC(=O)NC(CO)C(O)CCCCCCCCCCC)OC(=O)CCCCCCC/C=C/CCCCCCCCCCC. The summed E-state index contributed by atoms with van der Waals surface area (Å²) in [6.45, 7) is 6.46. The summed E-state index contributed by atoms with van der Waals surface area (Å²) in [4.78, 5) is 26.2. The van der Waals surface area contributed by atoms with Crippen LogP contribution in [-0.4, -0.2) is 46.9 Å². The van der Waals surface area contributed by atoms with Gasteiger partial charge in [0, 0.05) is 6.42 Å². The molecule has 0 aromatic carbocycles. The van der Waals surface area contributed by atoms with Gasteiger partial charge in [-0.25, -0.2) is 0 Å². The van der Waals surface area contributed by atoms with Crippen LogP contribution in [0.2, 0.25) is 0 Å². The third kappa shape index (κ3) is 46.4. The minimum absolute atomic E-state index is 0.0712. The molecule has 0 aliphatic carbocycles. The Morgan fingerprint density at radius 1 is 0.460 bits per heavy atom. The van der Waals surface area contributed by atoms with E-state index >= 15 is 0 Å². The lowest BCUT2D eigenvalue weighted by molar-refractivity contribution is -0.151. The van der Waals surface area contributed by atoms with Gasteiger partial charge in [-0.3, -0.25) is 9.59 Å². The Kier molecular flexibility index (Phi) is 49.5. The van der Waals surface area contributed by atoms with Crippen molar-refractivity contribution in [3.8, 4) is 0 Å². The number of carbonyl (C=O) groups excluding carboxylic acids is 2. The van der Waals surface area contributed by atoms with E-state index in [0.29, 0.717) is 19.3 Å². The van der Waals surface area contributed by atoms with Crippen molar-refractivity contribution in [2.75, 3.05) is 6.61 Å². The number of hydrogen-bond acceptors (Lipinski definition) is 5. The minimum atomic E-state index is -0.789. The molecule has 0 saturated carbocycles. The largest absolute Gasteiger partial charge is 0.462 e. The van der Waals surface area contributed by atoms with Crippen molar-refractivity contribution in [3.05, 3.63) is 36.5 Å². The number of rotatable bonds is 50. The second-order valence-corrected chi connectivity index (χ2v) is 19.0. The first-order valence-electron chi connectivity index (χ1n) is 27.7. The van der Waals surface area contributed by atoms with Crippen molar-refractivity contribution < 1.29 is 24.5 Å². The van der Waals surface area contributed by atoms with Gasteiger partial charge in [0.05, 0.1) is 25.2 Å². The first kappa shape index (κ1) is 61.1. The fourth-order valence-electron chi connectivity index (χ4n) is 8.46. The summed E-state index contributed by atoms with van der Waals surface area (Å²) in [5, 5.41) is 23.7. The Hall–Kier alpha value is -1.92. The maximum atomic E-state index is 13.2. The third-order valence-corrected chi connectivity index (χ3v) is 12.7. The molecule has 0 aromatic heterocycles. The molecule has 0 spiro atoms. The Morgan fingerprint density at radius 3 is 1.25 bits per heavy atom. The number of unbranched alkanes of at least 4 members (excludes halogenated alkanes) is 32. The summed E-state index contributed by atoms with van der Waals surface area (Å²) in [5.41, 5.74) is 0. The van der Waals surface area contributed by atoms with Gasteiger partial charge in [-0.1, -0.05) is 231 Å². The Balaban J connectivity index is 4.55. The standard InChI is InChI=1S/C57H107NO5/c1-4-7-10-13-16-19-21-23-25-27-29-31-33-35-38-41-44-47-50-57(62)63-53(48-45-42-39-37-34-32-30-28-26-24-22-20-17-14-11-8-5-2)51-56(61)58-54(52-59)55(60)49-46-43-40-36-18-15-12-9-6-3/h17,20,24,26,29,31,53-55,59-60H,4-16,18-19,21-23,25,27-28,30,32-52H2,1-3H3,(H,58,61)/b20-17-,26-24-,31-29+. The van der Waals surface area contributed by atoms with Gasteiger partial charge in [-0.05, 0) is 83.5 Å². The van der Waals surface area contributed by atoms with Gasteiger partial charge in [0.25, 0.3) is 0 Å². The molecule has 0 radical (unpaired) electrons. The first-order valence-corrected chi connectivity index (χ1v) is 27.7. The van der Waals surface area contributed by atoms with Crippen molar-refractivity contribution in [1.29, 1.82) is 0 Å². The van der Waals surface area contributed by atoms with Gasteiger partial charge < -0.3 is 20.3 Å². The van der Waals surface area contributed by atoms with Gasteiger partial charge in [0.2, 0.25) is 5.91 Å². The highest BCUT2D eigenvalue weighted by atomic mass is 16.5. The van der Waals surface area contributed by atoms with Crippen LogP contribution in [0.5, 0.6) is 0 Å². The van der Waals surface area contributed by atoms with Gasteiger partial charge in [0.1, 0.15) is 6.10 Å². The summed E-state index contributed by atoms with van der Waals surface area (Å²) < 4.78 is 5.95. The average Bonchev–Trinajstić information content (AvgIpc) is 3.28. The zero-order valence-electron chi connectivity index (χ0n) is 42.2. The second-order valence-electron chi connectivity index (χ2n) is 19.0. The minimum Gasteiger partial charge on any atom is -0.462 e. The summed E-state index contributed by atoms with van der Waals surface area (Å²) in [7, 11) is 0. The molecule has 1 amide bonds. The smallest absolute Gasteiger partial charge is 0.306 e. The van der Waals surface area contributed by atoms with E-state index in [0.717, 1.165) is 77.0 Å². The first-order chi connectivity index (χ1) is 31.0. The fraction of sp³-hybridized carbons (Fsp3) is 0.860. The van der Waals surface area contributed by atoms with Crippen molar-refractivity contribution in [3.63, 3.8) is 0 Å². The molecule has 370 valence electrons. The quantitative estimate of drug-likeness (QED) is 0.0321. The molecule has 3 unspecified atom stereocenters. The van der Waals surface area contributed by atoms with Crippen LogP contribution in [0.15, 0.2) is 36.5 Å². The van der Waals surface area contributed by atoms with Crippen LogP contribution in [0.25, 0.3) is 0 Å². The monoisotopic (exact) mass is 886 g/mol. The number of allylic oxidation sites excluding steroid dienone is 6. The molecule has 0 aliphatic heterocycles. The average molecular weight is 886 g/mol. The van der Waals surface area contributed by atoms with E-state index in [1.54, 1.807) is 0 Å². The van der Waals surface area contributed by atoms with E-state index in [-0.39, 0.29) is 24.9 Å². The molecular weight excluding hydrogens is 779 g/mol. The van der Waals surface area contributed by atoms with Gasteiger partial charge in [0.15, 0.2) is 0 Å². The molecule has 0 rings (SSSR count). The number of esters is 1. The molecule has 3 N–H and O–H groups in total.